The number of ether oxygens (including phenoxy) is 1. The Hall–Kier alpha value is -1.22. The standard InChI is InChI=1S/C19H32N2O/c1-5-22-19-12-17(14-20-13-15(2)3)6-7-18(19)21-10-8-16(4)9-11-21/h6-7,12,15-16,20H,5,8-11,13-14H2,1-4H3. The minimum atomic E-state index is 0.681. The summed E-state index contributed by atoms with van der Waals surface area (Å²) in [6.07, 6.45) is 2.56. The van der Waals surface area contributed by atoms with Crippen LogP contribution in [0.25, 0.3) is 0 Å². The number of rotatable bonds is 7. The molecule has 1 saturated heterocycles. The number of anilines is 1. The molecule has 0 aliphatic carbocycles. The van der Waals surface area contributed by atoms with Gasteiger partial charge in [0.1, 0.15) is 5.75 Å². The van der Waals surface area contributed by atoms with Gasteiger partial charge in [-0.3, -0.25) is 0 Å². The van der Waals surface area contributed by atoms with Gasteiger partial charge in [-0.1, -0.05) is 26.8 Å². The third-order valence-corrected chi connectivity index (χ3v) is 4.33. The first-order chi connectivity index (χ1) is 10.6. The van der Waals surface area contributed by atoms with Gasteiger partial charge in [-0.2, -0.15) is 0 Å². The third kappa shape index (κ3) is 4.91. The van der Waals surface area contributed by atoms with E-state index in [2.05, 4.69) is 56.1 Å². The maximum atomic E-state index is 5.92. The smallest absolute Gasteiger partial charge is 0.142 e. The van der Waals surface area contributed by atoms with Gasteiger partial charge < -0.3 is 15.0 Å². The van der Waals surface area contributed by atoms with Crippen molar-refractivity contribution in [2.75, 3.05) is 31.1 Å². The van der Waals surface area contributed by atoms with Crippen molar-refractivity contribution >= 4 is 5.69 Å². The molecule has 1 fully saturated rings. The lowest BCUT2D eigenvalue weighted by molar-refractivity contribution is 0.337. The molecule has 3 heteroatoms. The Balaban J connectivity index is 2.06. The molecular formula is C19H32N2O. The van der Waals surface area contributed by atoms with E-state index in [9.17, 15) is 0 Å². The summed E-state index contributed by atoms with van der Waals surface area (Å²) in [5.41, 5.74) is 2.57. The van der Waals surface area contributed by atoms with Crippen LogP contribution in [0, 0.1) is 11.8 Å². The summed E-state index contributed by atoms with van der Waals surface area (Å²) >= 11 is 0. The Morgan fingerprint density at radius 1 is 1.27 bits per heavy atom. The number of hydrogen-bond acceptors (Lipinski definition) is 3. The molecule has 3 nitrogen and oxygen atoms in total. The molecule has 1 aromatic rings. The van der Waals surface area contributed by atoms with E-state index in [0.29, 0.717) is 5.92 Å². The molecule has 0 aromatic heterocycles. The molecule has 22 heavy (non-hydrogen) atoms. The van der Waals surface area contributed by atoms with Crippen molar-refractivity contribution in [1.29, 1.82) is 0 Å². The number of nitrogens with zero attached hydrogens (tertiary/aromatic N) is 1. The van der Waals surface area contributed by atoms with E-state index < -0.39 is 0 Å². The summed E-state index contributed by atoms with van der Waals surface area (Å²) < 4.78 is 5.92. The normalized spacial score (nSPS) is 16.3. The van der Waals surface area contributed by atoms with Crippen molar-refractivity contribution in [2.45, 2.75) is 47.1 Å². The number of benzene rings is 1. The van der Waals surface area contributed by atoms with Crippen LogP contribution in [0.1, 0.15) is 46.1 Å². The fourth-order valence-electron chi connectivity index (χ4n) is 2.96. The van der Waals surface area contributed by atoms with Crippen LogP contribution in [-0.2, 0) is 6.54 Å². The predicted octanol–water partition coefficient (Wildman–Crippen LogP) is 4.07. The lowest BCUT2D eigenvalue weighted by atomic mass is 9.98. The molecular weight excluding hydrogens is 272 g/mol. The Morgan fingerprint density at radius 3 is 2.64 bits per heavy atom. The van der Waals surface area contributed by atoms with Gasteiger partial charge in [-0.05, 0) is 55.8 Å². The maximum absolute atomic E-state index is 5.92. The lowest BCUT2D eigenvalue weighted by Crippen LogP contribution is -2.33. The highest BCUT2D eigenvalue weighted by Gasteiger charge is 2.19. The average molecular weight is 304 g/mol. The van der Waals surface area contributed by atoms with Crippen molar-refractivity contribution < 1.29 is 4.74 Å². The van der Waals surface area contributed by atoms with E-state index in [4.69, 9.17) is 4.74 Å². The summed E-state index contributed by atoms with van der Waals surface area (Å²) in [4.78, 5) is 2.48. The van der Waals surface area contributed by atoms with Crippen molar-refractivity contribution in [2.24, 2.45) is 11.8 Å². The van der Waals surface area contributed by atoms with E-state index in [0.717, 1.165) is 44.5 Å². The van der Waals surface area contributed by atoms with Gasteiger partial charge in [0.25, 0.3) is 0 Å². The van der Waals surface area contributed by atoms with Crippen molar-refractivity contribution in [3.05, 3.63) is 23.8 Å². The Kier molecular flexibility index (Phi) is 6.56. The summed E-state index contributed by atoms with van der Waals surface area (Å²) in [6.45, 7) is 13.9. The molecule has 0 spiro atoms. The first-order valence-electron chi connectivity index (χ1n) is 8.81. The quantitative estimate of drug-likeness (QED) is 0.822. The first kappa shape index (κ1) is 17.1. The average Bonchev–Trinajstić information content (AvgIpc) is 2.49. The highest BCUT2D eigenvalue weighted by atomic mass is 16.5. The fraction of sp³-hybridized carbons (Fsp3) is 0.684. The SMILES string of the molecule is CCOc1cc(CNCC(C)C)ccc1N1CCC(C)CC1. The molecule has 0 atom stereocenters. The second kappa shape index (κ2) is 8.42. The summed E-state index contributed by atoms with van der Waals surface area (Å²) in [5.74, 6) is 2.58. The van der Waals surface area contributed by atoms with Crippen molar-refractivity contribution in [3.63, 3.8) is 0 Å². The minimum absolute atomic E-state index is 0.681. The highest BCUT2D eigenvalue weighted by molar-refractivity contribution is 5.60. The highest BCUT2D eigenvalue weighted by Crippen LogP contribution is 2.32. The molecule has 2 rings (SSSR count). The van der Waals surface area contributed by atoms with Gasteiger partial charge in [0.15, 0.2) is 0 Å². The lowest BCUT2D eigenvalue weighted by Gasteiger charge is -2.33. The molecule has 0 saturated carbocycles. The largest absolute Gasteiger partial charge is 0.492 e. The molecule has 0 radical (unpaired) electrons. The number of hydrogen-bond donors (Lipinski definition) is 1. The summed E-state index contributed by atoms with van der Waals surface area (Å²) in [5, 5.41) is 3.51. The molecule has 1 aliphatic rings. The zero-order valence-corrected chi connectivity index (χ0v) is 14.7. The van der Waals surface area contributed by atoms with Crippen molar-refractivity contribution in [3.8, 4) is 5.75 Å². The van der Waals surface area contributed by atoms with Crippen LogP contribution in [0.2, 0.25) is 0 Å². The van der Waals surface area contributed by atoms with Crippen LogP contribution in [0.3, 0.4) is 0 Å². The maximum Gasteiger partial charge on any atom is 0.142 e. The van der Waals surface area contributed by atoms with Crippen LogP contribution in [0.4, 0.5) is 5.69 Å². The van der Waals surface area contributed by atoms with Crippen molar-refractivity contribution in [1.82, 2.24) is 5.32 Å². The Morgan fingerprint density at radius 2 is 2.00 bits per heavy atom. The topological polar surface area (TPSA) is 24.5 Å². The van der Waals surface area contributed by atoms with Gasteiger partial charge in [-0.25, -0.2) is 0 Å². The molecule has 0 amide bonds. The van der Waals surface area contributed by atoms with E-state index >= 15 is 0 Å². The molecule has 1 aliphatic heterocycles. The monoisotopic (exact) mass is 304 g/mol. The number of piperidine rings is 1. The second-order valence-corrected chi connectivity index (χ2v) is 6.93. The first-order valence-corrected chi connectivity index (χ1v) is 8.81. The van der Waals surface area contributed by atoms with Crippen LogP contribution < -0.4 is 15.0 Å². The van der Waals surface area contributed by atoms with Gasteiger partial charge in [0.2, 0.25) is 0 Å². The van der Waals surface area contributed by atoms with E-state index in [-0.39, 0.29) is 0 Å². The van der Waals surface area contributed by atoms with Crippen LogP contribution in [0.5, 0.6) is 5.75 Å². The molecule has 0 unspecified atom stereocenters. The van der Waals surface area contributed by atoms with E-state index in [1.165, 1.54) is 24.1 Å². The zero-order chi connectivity index (χ0) is 15.9. The van der Waals surface area contributed by atoms with Gasteiger partial charge in [-0.15, -0.1) is 0 Å². The minimum Gasteiger partial charge on any atom is -0.492 e. The Bertz CT molecular complexity index is 451. The third-order valence-electron chi connectivity index (χ3n) is 4.33. The molecule has 1 aromatic carbocycles. The van der Waals surface area contributed by atoms with Crippen LogP contribution in [0.15, 0.2) is 18.2 Å². The fourth-order valence-corrected chi connectivity index (χ4v) is 2.96. The summed E-state index contributed by atoms with van der Waals surface area (Å²) in [6, 6.07) is 6.70. The van der Waals surface area contributed by atoms with Crippen LogP contribution in [-0.4, -0.2) is 26.2 Å². The second-order valence-electron chi connectivity index (χ2n) is 6.93. The van der Waals surface area contributed by atoms with E-state index in [1.54, 1.807) is 0 Å². The molecule has 124 valence electrons. The van der Waals surface area contributed by atoms with Gasteiger partial charge in [0.05, 0.1) is 12.3 Å². The molecule has 0 bridgehead atoms. The van der Waals surface area contributed by atoms with Crippen LogP contribution >= 0.6 is 0 Å². The molecule has 1 N–H and O–H groups in total. The Labute approximate surface area is 136 Å². The molecule has 1 heterocycles. The predicted molar refractivity (Wildman–Crippen MR) is 94.8 cm³/mol. The number of nitrogens with one attached hydrogen (secondary N) is 1. The van der Waals surface area contributed by atoms with E-state index in [1.807, 2.05) is 0 Å². The summed E-state index contributed by atoms with van der Waals surface area (Å²) in [7, 11) is 0. The van der Waals surface area contributed by atoms with Gasteiger partial charge >= 0.3 is 0 Å². The zero-order valence-electron chi connectivity index (χ0n) is 14.7. The van der Waals surface area contributed by atoms with Gasteiger partial charge in [0, 0.05) is 19.6 Å².